The summed E-state index contributed by atoms with van der Waals surface area (Å²) in [5.41, 5.74) is 0. The van der Waals surface area contributed by atoms with E-state index in [-0.39, 0.29) is 42.1 Å². The predicted molar refractivity (Wildman–Crippen MR) is 82.9 cm³/mol. The standard InChI is InChI=1S/2Mo.8NO3/c;;8*2-1(3)4/q2*+4;8*-1. The van der Waals surface area contributed by atoms with Crippen LogP contribution in [0.25, 0.3) is 0 Å². The molecule has 0 aliphatic heterocycles. The zero-order chi connectivity index (χ0) is 28.6. The van der Waals surface area contributed by atoms with Gasteiger partial charge in [-0.25, -0.2) is 0 Å². The molecule has 0 saturated heterocycles. The molecule has 0 unspecified atom stereocenters. The molecule has 0 bridgehead atoms. The average Bonchev–Trinajstić information content (AvgIpc) is 2.30. The van der Waals surface area contributed by atoms with E-state index in [1.165, 1.54) is 0 Å². The van der Waals surface area contributed by atoms with Crippen molar-refractivity contribution in [2.45, 2.75) is 0 Å². The topological polar surface area (TPSA) is 530 Å². The third kappa shape index (κ3) is 721. The van der Waals surface area contributed by atoms with Crippen LogP contribution in [-0.4, -0.2) is 40.7 Å². The molecule has 0 aromatic heterocycles. The molecule has 0 aliphatic rings. The first-order valence-electron chi connectivity index (χ1n) is 4.38. The van der Waals surface area contributed by atoms with Gasteiger partial charge in [0.05, 0.1) is 40.7 Å². The van der Waals surface area contributed by atoms with Crippen LogP contribution in [0.15, 0.2) is 0 Å². The van der Waals surface area contributed by atoms with Gasteiger partial charge >= 0.3 is 42.1 Å². The van der Waals surface area contributed by atoms with Crippen LogP contribution in [0.3, 0.4) is 0 Å². The first-order chi connectivity index (χ1) is 13.9. The fourth-order valence-electron chi connectivity index (χ4n) is 0. The van der Waals surface area contributed by atoms with Crippen molar-refractivity contribution in [1.82, 2.24) is 0 Å². The minimum Gasteiger partial charge on any atom is -0.356 e. The summed E-state index contributed by atoms with van der Waals surface area (Å²) in [6.45, 7) is 0. The second-order valence-corrected chi connectivity index (χ2v) is 1.79. The van der Waals surface area contributed by atoms with Crippen molar-refractivity contribution in [3.63, 3.8) is 0 Å². The van der Waals surface area contributed by atoms with Gasteiger partial charge in [-0.3, -0.25) is 0 Å². The Kier molecular flexibility index (Phi) is 105. The van der Waals surface area contributed by atoms with Gasteiger partial charge in [0.1, 0.15) is 0 Å². The molecule has 0 amide bonds. The molecule has 0 atom stereocenters. The third-order valence-corrected chi connectivity index (χ3v) is 0. The summed E-state index contributed by atoms with van der Waals surface area (Å²) in [5, 5.41) is 118. The van der Waals surface area contributed by atoms with Gasteiger partial charge in [-0.1, -0.05) is 0 Å². The van der Waals surface area contributed by atoms with Gasteiger partial charge in [-0.2, -0.15) is 0 Å². The zero-order valence-corrected chi connectivity index (χ0v) is 18.2. The Morgan fingerprint density at radius 2 is 0.206 bits per heavy atom. The van der Waals surface area contributed by atoms with E-state index in [4.69, 9.17) is 123 Å². The summed E-state index contributed by atoms with van der Waals surface area (Å²) >= 11 is 0. The van der Waals surface area contributed by atoms with Gasteiger partial charge in [0.25, 0.3) is 0 Å². The fourth-order valence-corrected chi connectivity index (χ4v) is 0. The van der Waals surface area contributed by atoms with E-state index in [9.17, 15) is 0 Å². The van der Waals surface area contributed by atoms with Gasteiger partial charge in [0, 0.05) is 0 Å². The van der Waals surface area contributed by atoms with E-state index in [2.05, 4.69) is 0 Å². The van der Waals surface area contributed by atoms with Crippen LogP contribution in [0.4, 0.5) is 0 Å². The van der Waals surface area contributed by atoms with Crippen molar-refractivity contribution < 1.29 is 82.8 Å². The van der Waals surface area contributed by atoms with Gasteiger partial charge in [0.2, 0.25) is 0 Å². The van der Waals surface area contributed by atoms with Crippen molar-refractivity contribution >= 4 is 0 Å². The van der Waals surface area contributed by atoms with Crippen molar-refractivity contribution in [2.75, 3.05) is 0 Å². The Bertz CT molecular complexity index is 365. The molecule has 0 aliphatic carbocycles. The monoisotopic (exact) mass is 692 g/mol. The summed E-state index contributed by atoms with van der Waals surface area (Å²) < 4.78 is 0. The van der Waals surface area contributed by atoms with Gasteiger partial charge < -0.3 is 123 Å². The number of hydrogen-bond acceptors (Lipinski definition) is 24. The van der Waals surface area contributed by atoms with Crippen LogP contribution < -0.4 is 0 Å². The van der Waals surface area contributed by atoms with Gasteiger partial charge in [-0.15, -0.1) is 0 Å². The van der Waals surface area contributed by atoms with Crippen LogP contribution in [0.1, 0.15) is 0 Å². The molecule has 32 nitrogen and oxygen atoms in total. The van der Waals surface area contributed by atoms with E-state index in [1.807, 2.05) is 0 Å². The Hall–Kier alpha value is -5.02. The maximum Gasteiger partial charge on any atom is 4.00 e. The molecule has 34 heteroatoms. The fraction of sp³-hybridized carbons (Fsp3) is 0. The average molecular weight is 688 g/mol. The Morgan fingerprint density at radius 3 is 0.206 bits per heavy atom. The number of hydrogen-bond donors (Lipinski definition) is 0. The second kappa shape index (κ2) is 56.5. The Morgan fingerprint density at radius 1 is 0.206 bits per heavy atom. The second-order valence-electron chi connectivity index (χ2n) is 1.79. The zero-order valence-electron chi connectivity index (χ0n) is 14.2. The van der Waals surface area contributed by atoms with E-state index < -0.39 is 40.7 Å². The molecular formula is Mo2N8O24. The van der Waals surface area contributed by atoms with Gasteiger partial charge in [0.15, 0.2) is 0 Å². The molecule has 0 aromatic rings. The quantitative estimate of drug-likeness (QED) is 0.152. The largest absolute Gasteiger partial charge is 4.00 e. The minimum atomic E-state index is -1.75. The van der Waals surface area contributed by atoms with Crippen LogP contribution in [0.2, 0.25) is 0 Å². The van der Waals surface area contributed by atoms with Crippen molar-refractivity contribution in [1.29, 1.82) is 0 Å². The smallest absolute Gasteiger partial charge is 0.356 e. The first kappa shape index (κ1) is 63.0. The molecule has 0 aromatic carbocycles. The van der Waals surface area contributed by atoms with Crippen molar-refractivity contribution in [3.05, 3.63) is 123 Å². The molecule has 0 saturated carbocycles. The summed E-state index contributed by atoms with van der Waals surface area (Å²) in [4.78, 5) is 66.0. The maximum atomic E-state index is 8.25. The van der Waals surface area contributed by atoms with Crippen LogP contribution in [-0.2, 0) is 42.1 Å². The number of nitrogens with zero attached hydrogens (tertiary/aromatic N) is 8. The maximum absolute atomic E-state index is 8.25. The summed E-state index contributed by atoms with van der Waals surface area (Å²) in [7, 11) is 0. The first-order valence-corrected chi connectivity index (χ1v) is 4.38. The molecule has 34 heavy (non-hydrogen) atoms. The van der Waals surface area contributed by atoms with Crippen LogP contribution >= 0.6 is 0 Å². The van der Waals surface area contributed by atoms with E-state index in [0.29, 0.717) is 0 Å². The minimum absolute atomic E-state index is 0. The summed E-state index contributed by atoms with van der Waals surface area (Å²) in [5.74, 6) is 0. The van der Waals surface area contributed by atoms with Crippen LogP contribution in [0.5, 0.6) is 0 Å². The van der Waals surface area contributed by atoms with E-state index >= 15 is 0 Å². The molecular weight excluding hydrogens is 688 g/mol. The van der Waals surface area contributed by atoms with Gasteiger partial charge in [-0.05, 0) is 0 Å². The molecule has 0 heterocycles. The molecule has 0 fully saturated rings. The molecule has 0 radical (unpaired) electrons. The number of rotatable bonds is 0. The molecule has 0 N–H and O–H groups in total. The Labute approximate surface area is 205 Å². The Balaban J connectivity index is -0.0000000240. The van der Waals surface area contributed by atoms with E-state index in [1.54, 1.807) is 0 Å². The third-order valence-electron chi connectivity index (χ3n) is 0. The van der Waals surface area contributed by atoms with E-state index in [0.717, 1.165) is 0 Å². The van der Waals surface area contributed by atoms with Crippen molar-refractivity contribution in [2.24, 2.45) is 0 Å². The molecule has 196 valence electrons. The summed E-state index contributed by atoms with van der Waals surface area (Å²) in [6.07, 6.45) is 0. The normalized spacial score (nSPS) is 5.65. The SMILES string of the molecule is O=[N+]([O-])[O-].O=[N+]([O-])[O-].O=[N+]([O-])[O-].O=[N+]([O-])[O-].O=[N+]([O-])[O-].O=[N+]([O-])[O-].O=[N+]([O-])[O-].O=[N+]([O-])[O-].[Mo+4].[Mo+4]. The molecule has 0 rings (SSSR count). The predicted octanol–water partition coefficient (Wildman–Crippen LogP) is -1.92. The van der Waals surface area contributed by atoms with Crippen LogP contribution in [0, 0.1) is 123 Å². The summed E-state index contributed by atoms with van der Waals surface area (Å²) in [6, 6.07) is 0. The van der Waals surface area contributed by atoms with Crippen molar-refractivity contribution in [3.8, 4) is 0 Å². The molecule has 0 spiro atoms.